The van der Waals surface area contributed by atoms with Crippen molar-refractivity contribution in [2.24, 2.45) is 5.92 Å². The molecule has 1 fully saturated rings. The van der Waals surface area contributed by atoms with Gasteiger partial charge in [-0.3, -0.25) is 9.69 Å². The van der Waals surface area contributed by atoms with Crippen LogP contribution in [0.3, 0.4) is 0 Å². The van der Waals surface area contributed by atoms with E-state index in [2.05, 4.69) is 32.3 Å². The van der Waals surface area contributed by atoms with Gasteiger partial charge in [-0.25, -0.2) is 4.68 Å². The van der Waals surface area contributed by atoms with Crippen LogP contribution in [0.1, 0.15) is 42.8 Å². The van der Waals surface area contributed by atoms with Crippen molar-refractivity contribution in [2.45, 2.75) is 32.4 Å². The zero-order valence-corrected chi connectivity index (χ0v) is 21.0. The van der Waals surface area contributed by atoms with E-state index in [0.717, 1.165) is 42.6 Å². The Morgan fingerprint density at radius 1 is 1.08 bits per heavy atom. The average molecular weight is 503 g/mol. The minimum absolute atomic E-state index is 0.160. The van der Waals surface area contributed by atoms with Gasteiger partial charge in [0.1, 0.15) is 25.0 Å². The van der Waals surface area contributed by atoms with E-state index in [1.807, 2.05) is 42.5 Å². The van der Waals surface area contributed by atoms with Crippen molar-refractivity contribution in [3.8, 4) is 17.2 Å². The van der Waals surface area contributed by atoms with Crippen molar-refractivity contribution in [1.29, 1.82) is 0 Å². The zero-order valence-electron chi connectivity index (χ0n) is 21.0. The number of fused-ring (bicyclic) bond motifs is 2. The molecule has 0 radical (unpaired) electrons. The third-order valence-electron chi connectivity index (χ3n) is 7.31. The number of ether oxygens (including phenoxy) is 3. The molecule has 4 aromatic rings. The van der Waals surface area contributed by atoms with E-state index in [9.17, 15) is 4.79 Å². The molecule has 1 atom stereocenters. The molecule has 37 heavy (non-hydrogen) atoms. The van der Waals surface area contributed by atoms with Crippen molar-refractivity contribution >= 4 is 10.9 Å². The summed E-state index contributed by atoms with van der Waals surface area (Å²) in [4.78, 5) is 18.9. The van der Waals surface area contributed by atoms with E-state index in [0.29, 0.717) is 54.1 Å². The molecule has 10 heteroatoms. The lowest BCUT2D eigenvalue weighted by molar-refractivity contribution is 0.149. The van der Waals surface area contributed by atoms with Gasteiger partial charge < -0.3 is 19.2 Å². The van der Waals surface area contributed by atoms with Gasteiger partial charge in [-0.15, -0.1) is 5.10 Å². The predicted molar refractivity (Wildman–Crippen MR) is 137 cm³/mol. The number of H-pyrrole nitrogens is 1. The largest absolute Gasteiger partial charge is 0.497 e. The average Bonchev–Trinajstić information content (AvgIpc) is 3.37. The zero-order chi connectivity index (χ0) is 25.4. The number of methoxy groups -OCH3 is 1. The molecular formula is C27H30N6O4. The molecule has 2 aromatic heterocycles. The molecule has 6 rings (SSSR count). The number of tetrazole rings is 1. The maximum atomic E-state index is 13.5. The lowest BCUT2D eigenvalue weighted by Crippen LogP contribution is -2.40. The van der Waals surface area contributed by atoms with Crippen molar-refractivity contribution in [1.82, 2.24) is 30.1 Å². The van der Waals surface area contributed by atoms with Crippen LogP contribution in [0.5, 0.6) is 17.2 Å². The summed E-state index contributed by atoms with van der Waals surface area (Å²) in [7, 11) is 1.65. The van der Waals surface area contributed by atoms with Crippen LogP contribution < -0.4 is 19.8 Å². The minimum atomic E-state index is -0.387. The lowest BCUT2D eigenvalue weighted by atomic mass is 9.95. The quantitative estimate of drug-likeness (QED) is 0.429. The van der Waals surface area contributed by atoms with Crippen molar-refractivity contribution in [3.63, 3.8) is 0 Å². The van der Waals surface area contributed by atoms with Crippen molar-refractivity contribution < 1.29 is 14.2 Å². The summed E-state index contributed by atoms with van der Waals surface area (Å²) in [6.45, 7) is 5.47. The number of aromatic amines is 1. The summed E-state index contributed by atoms with van der Waals surface area (Å²) in [6.07, 6.45) is 2.11. The normalized spacial score (nSPS) is 17.1. The molecule has 2 aliphatic rings. The van der Waals surface area contributed by atoms with E-state index in [4.69, 9.17) is 14.2 Å². The van der Waals surface area contributed by atoms with Gasteiger partial charge in [-0.1, -0.05) is 19.1 Å². The van der Waals surface area contributed by atoms with Crippen LogP contribution in [0.15, 0.2) is 47.3 Å². The number of hydrogen-bond donors (Lipinski definition) is 1. The summed E-state index contributed by atoms with van der Waals surface area (Å²) in [5.41, 5.74) is 2.20. The summed E-state index contributed by atoms with van der Waals surface area (Å²) in [5.74, 6) is 3.41. The third kappa shape index (κ3) is 4.64. The Bertz CT molecular complexity index is 1460. The van der Waals surface area contributed by atoms with E-state index in [-0.39, 0.29) is 11.6 Å². The number of likely N-dealkylation sites (tertiary alicyclic amines) is 1. The Kier molecular flexibility index (Phi) is 6.25. The highest BCUT2D eigenvalue weighted by Gasteiger charge is 2.32. The molecule has 0 spiro atoms. The highest BCUT2D eigenvalue weighted by Crippen LogP contribution is 2.36. The SMILES string of the molecule is COc1ccc(Cn2nnnc2C(c2cc3cc4c(cc3[nH]c2=O)OCCO4)N2CCC(C)CC2)cc1. The summed E-state index contributed by atoms with van der Waals surface area (Å²) in [6, 6.07) is 13.2. The topological polar surface area (TPSA) is 107 Å². The van der Waals surface area contributed by atoms with Gasteiger partial charge in [-0.05, 0) is 72.1 Å². The third-order valence-corrected chi connectivity index (χ3v) is 7.31. The maximum absolute atomic E-state index is 13.5. The van der Waals surface area contributed by atoms with Crippen LogP contribution in [0, 0.1) is 5.92 Å². The summed E-state index contributed by atoms with van der Waals surface area (Å²) < 4.78 is 18.6. The minimum Gasteiger partial charge on any atom is -0.497 e. The first kappa shape index (κ1) is 23.5. The van der Waals surface area contributed by atoms with Crippen LogP contribution in [0.2, 0.25) is 0 Å². The fraction of sp³-hybridized carbons (Fsp3) is 0.407. The fourth-order valence-corrected chi connectivity index (χ4v) is 5.17. The van der Waals surface area contributed by atoms with E-state index in [1.54, 1.807) is 11.8 Å². The number of rotatable bonds is 6. The lowest BCUT2D eigenvalue weighted by Gasteiger charge is -2.36. The Morgan fingerprint density at radius 3 is 2.54 bits per heavy atom. The maximum Gasteiger partial charge on any atom is 0.253 e. The van der Waals surface area contributed by atoms with Gasteiger partial charge in [0, 0.05) is 17.0 Å². The van der Waals surface area contributed by atoms with Crippen LogP contribution >= 0.6 is 0 Å². The number of benzene rings is 2. The Labute approximate surface area is 214 Å². The number of pyridine rings is 1. The molecule has 1 unspecified atom stereocenters. The molecule has 0 amide bonds. The summed E-state index contributed by atoms with van der Waals surface area (Å²) in [5, 5.41) is 13.7. The Balaban J connectivity index is 1.43. The molecular weight excluding hydrogens is 472 g/mol. The Morgan fingerprint density at radius 2 is 1.81 bits per heavy atom. The first-order valence-corrected chi connectivity index (χ1v) is 12.7. The van der Waals surface area contributed by atoms with Gasteiger partial charge in [0.25, 0.3) is 5.56 Å². The van der Waals surface area contributed by atoms with Gasteiger partial charge in [0.15, 0.2) is 17.3 Å². The summed E-state index contributed by atoms with van der Waals surface area (Å²) >= 11 is 0. The predicted octanol–water partition coefficient (Wildman–Crippen LogP) is 3.16. The molecule has 2 aromatic carbocycles. The van der Waals surface area contributed by atoms with Gasteiger partial charge >= 0.3 is 0 Å². The smallest absolute Gasteiger partial charge is 0.253 e. The fourth-order valence-electron chi connectivity index (χ4n) is 5.17. The molecule has 10 nitrogen and oxygen atoms in total. The van der Waals surface area contributed by atoms with Crippen molar-refractivity contribution in [2.75, 3.05) is 33.4 Å². The number of aromatic nitrogens is 5. The molecule has 0 bridgehead atoms. The van der Waals surface area contributed by atoms with E-state index >= 15 is 0 Å². The van der Waals surface area contributed by atoms with Gasteiger partial charge in [0.05, 0.1) is 19.2 Å². The second kappa shape index (κ2) is 9.85. The number of nitrogens with one attached hydrogen (secondary N) is 1. The molecule has 0 saturated carbocycles. The van der Waals surface area contributed by atoms with Crippen LogP contribution in [-0.2, 0) is 6.54 Å². The van der Waals surface area contributed by atoms with E-state index < -0.39 is 0 Å². The second-order valence-corrected chi connectivity index (χ2v) is 9.80. The number of nitrogens with zero attached hydrogens (tertiary/aromatic N) is 5. The molecule has 1 saturated heterocycles. The van der Waals surface area contributed by atoms with Crippen molar-refractivity contribution in [3.05, 3.63) is 69.8 Å². The van der Waals surface area contributed by atoms with Crippen LogP contribution in [-0.4, -0.2) is 63.5 Å². The highest BCUT2D eigenvalue weighted by molar-refractivity contribution is 5.83. The molecule has 4 heterocycles. The van der Waals surface area contributed by atoms with Crippen LogP contribution in [0.4, 0.5) is 0 Å². The standard InChI is InChI=1S/C27H30N6O4/c1-17-7-9-32(10-8-17)25(26-29-30-31-33(26)16-18-3-5-20(35-2)6-4-18)21-13-19-14-23-24(37-12-11-36-23)15-22(19)28-27(21)34/h3-6,13-15,17,25H,7-12,16H2,1-2H3,(H,28,34). The Hall–Kier alpha value is -3.92. The number of piperidine rings is 1. The first-order chi connectivity index (χ1) is 18.1. The van der Waals surface area contributed by atoms with Gasteiger partial charge in [-0.2, -0.15) is 0 Å². The molecule has 1 N–H and O–H groups in total. The van der Waals surface area contributed by atoms with Gasteiger partial charge in [0.2, 0.25) is 0 Å². The first-order valence-electron chi connectivity index (χ1n) is 12.7. The monoisotopic (exact) mass is 502 g/mol. The second-order valence-electron chi connectivity index (χ2n) is 9.80. The number of hydrogen-bond acceptors (Lipinski definition) is 8. The molecule has 192 valence electrons. The molecule has 2 aliphatic heterocycles. The molecule has 0 aliphatic carbocycles. The highest BCUT2D eigenvalue weighted by atomic mass is 16.6. The van der Waals surface area contributed by atoms with Crippen LogP contribution in [0.25, 0.3) is 10.9 Å². The van der Waals surface area contributed by atoms with E-state index in [1.165, 1.54) is 0 Å².